The smallest absolute Gasteiger partial charge is 0.135 e. The molecule has 1 aromatic heterocycles. The van der Waals surface area contributed by atoms with Gasteiger partial charge >= 0.3 is 0 Å². The molecule has 0 atom stereocenters. The Morgan fingerprint density at radius 3 is 2.58 bits per heavy atom. The lowest BCUT2D eigenvalue weighted by Crippen LogP contribution is -2.02. The van der Waals surface area contributed by atoms with Crippen LogP contribution in [-0.4, -0.2) is 15.1 Å². The highest BCUT2D eigenvalue weighted by Gasteiger charge is 2.09. The number of benzene rings is 2. The molecule has 0 amide bonds. The molecule has 2 N–H and O–H groups in total. The second kappa shape index (κ2) is 7.96. The highest BCUT2D eigenvalue weighted by molar-refractivity contribution is 6.33. The summed E-state index contributed by atoms with van der Waals surface area (Å²) < 4.78 is 0. The minimum atomic E-state index is -0.0525. The van der Waals surface area contributed by atoms with Crippen molar-refractivity contribution < 1.29 is 5.11 Å². The third-order valence-electron chi connectivity index (χ3n) is 3.93. The van der Waals surface area contributed by atoms with E-state index in [-0.39, 0.29) is 6.61 Å². The average Bonchev–Trinajstić information content (AvgIpc) is 2.65. The maximum absolute atomic E-state index is 9.26. The number of nitrogens with one attached hydrogen (secondary N) is 1. The highest BCUT2D eigenvalue weighted by atomic mass is 35.5. The molecule has 1 heterocycles. The molecule has 2 aromatic carbocycles. The molecule has 3 aromatic rings. The maximum Gasteiger partial charge on any atom is 0.135 e. The van der Waals surface area contributed by atoms with E-state index in [1.165, 1.54) is 0 Å². The van der Waals surface area contributed by atoms with Crippen LogP contribution in [0.15, 0.2) is 48.7 Å². The minimum absolute atomic E-state index is 0.0525. The zero-order valence-electron chi connectivity index (χ0n) is 14.2. The van der Waals surface area contributed by atoms with E-state index in [4.69, 9.17) is 16.9 Å². The van der Waals surface area contributed by atoms with Gasteiger partial charge in [-0.2, -0.15) is 5.26 Å². The number of aryl methyl sites for hydroxylation is 1. The van der Waals surface area contributed by atoms with Gasteiger partial charge in [-0.05, 0) is 47.9 Å². The minimum Gasteiger partial charge on any atom is -0.392 e. The number of hydrogen-bond donors (Lipinski definition) is 2. The molecule has 3 rings (SSSR count). The Balaban J connectivity index is 1.80. The summed E-state index contributed by atoms with van der Waals surface area (Å²) in [7, 11) is 0. The predicted molar refractivity (Wildman–Crippen MR) is 101 cm³/mol. The number of nitriles is 1. The number of aliphatic hydroxyl groups excluding tert-OH is 1. The quantitative estimate of drug-likeness (QED) is 0.711. The normalized spacial score (nSPS) is 10.4. The Labute approximate surface area is 156 Å². The lowest BCUT2D eigenvalue weighted by molar-refractivity contribution is 0.282. The van der Waals surface area contributed by atoms with Gasteiger partial charge in [0.2, 0.25) is 0 Å². The van der Waals surface area contributed by atoms with Gasteiger partial charge in [0, 0.05) is 12.6 Å². The summed E-state index contributed by atoms with van der Waals surface area (Å²) in [6.07, 6.45) is 2.26. The lowest BCUT2D eigenvalue weighted by atomic mass is 10.1. The van der Waals surface area contributed by atoms with Gasteiger partial charge in [0.1, 0.15) is 11.6 Å². The van der Waals surface area contributed by atoms with Crippen LogP contribution in [0.4, 0.5) is 11.5 Å². The van der Waals surface area contributed by atoms with E-state index in [0.717, 1.165) is 22.4 Å². The first-order valence-corrected chi connectivity index (χ1v) is 8.44. The zero-order valence-corrected chi connectivity index (χ0v) is 15.0. The Hall–Kier alpha value is -2.94. The molecule has 130 valence electrons. The molecule has 5 nitrogen and oxygen atoms in total. The van der Waals surface area contributed by atoms with Crippen LogP contribution in [0.1, 0.15) is 28.1 Å². The number of hydrogen-bond acceptors (Lipinski definition) is 5. The van der Waals surface area contributed by atoms with E-state index >= 15 is 0 Å². The number of nitrogens with zero attached hydrogens (tertiary/aromatic N) is 3. The summed E-state index contributed by atoms with van der Waals surface area (Å²) in [6.45, 7) is 1.87. The van der Waals surface area contributed by atoms with Gasteiger partial charge in [0.25, 0.3) is 0 Å². The van der Waals surface area contributed by atoms with Gasteiger partial charge in [0.15, 0.2) is 0 Å². The van der Waals surface area contributed by atoms with Crippen LogP contribution in [0.2, 0.25) is 5.02 Å². The molecule has 0 radical (unpaired) electrons. The number of aromatic nitrogens is 2. The standard InChI is InChI=1S/C20H17ClN4O/c1-13-8-16(12-26)9-17(21)20(13)25-18-6-7-23-19(24-18)10-14-2-4-15(11-22)5-3-14/h2-9,26H,10,12H2,1H3,(H,23,24,25). The summed E-state index contributed by atoms with van der Waals surface area (Å²) >= 11 is 6.32. The van der Waals surface area contributed by atoms with Crippen molar-refractivity contribution >= 4 is 23.1 Å². The molecule has 26 heavy (non-hydrogen) atoms. The second-order valence-electron chi connectivity index (χ2n) is 5.90. The van der Waals surface area contributed by atoms with Gasteiger partial charge in [-0.25, -0.2) is 9.97 Å². The monoisotopic (exact) mass is 364 g/mol. The van der Waals surface area contributed by atoms with E-state index in [2.05, 4.69) is 21.4 Å². The summed E-state index contributed by atoms with van der Waals surface area (Å²) in [5, 5.41) is 21.9. The van der Waals surface area contributed by atoms with E-state index < -0.39 is 0 Å². The Morgan fingerprint density at radius 1 is 1.15 bits per heavy atom. The molecule has 0 unspecified atom stereocenters. The van der Waals surface area contributed by atoms with Crippen molar-refractivity contribution in [1.29, 1.82) is 5.26 Å². The first kappa shape index (κ1) is 17.9. The van der Waals surface area contributed by atoms with Crippen LogP contribution in [0.5, 0.6) is 0 Å². The molecule has 0 fully saturated rings. The summed E-state index contributed by atoms with van der Waals surface area (Å²) in [5.74, 6) is 1.31. The Bertz CT molecular complexity index is 941. The number of rotatable bonds is 5. The molecule has 6 heteroatoms. The van der Waals surface area contributed by atoms with Crippen molar-refractivity contribution in [2.75, 3.05) is 5.32 Å². The molecular formula is C20H17ClN4O. The van der Waals surface area contributed by atoms with Gasteiger partial charge < -0.3 is 10.4 Å². The number of anilines is 2. The number of halogens is 1. The van der Waals surface area contributed by atoms with Gasteiger partial charge in [-0.1, -0.05) is 29.8 Å². The van der Waals surface area contributed by atoms with Crippen LogP contribution in [0.25, 0.3) is 0 Å². The number of aliphatic hydroxyl groups is 1. The molecule has 0 aliphatic heterocycles. The van der Waals surface area contributed by atoms with Gasteiger partial charge in [0.05, 0.1) is 28.9 Å². The molecule has 0 spiro atoms. The Kier molecular flexibility index (Phi) is 5.47. The predicted octanol–water partition coefficient (Wildman–Crippen LogP) is 4.14. The molecule has 0 bridgehead atoms. The first-order chi connectivity index (χ1) is 12.6. The summed E-state index contributed by atoms with van der Waals surface area (Å²) in [4.78, 5) is 8.84. The fraction of sp³-hybridized carbons (Fsp3) is 0.150. The van der Waals surface area contributed by atoms with Crippen LogP contribution >= 0.6 is 11.6 Å². The Morgan fingerprint density at radius 2 is 1.92 bits per heavy atom. The van der Waals surface area contributed by atoms with Crippen molar-refractivity contribution in [3.63, 3.8) is 0 Å². The maximum atomic E-state index is 9.26. The third-order valence-corrected chi connectivity index (χ3v) is 4.23. The lowest BCUT2D eigenvalue weighted by Gasteiger charge is -2.13. The second-order valence-corrected chi connectivity index (χ2v) is 6.30. The van der Waals surface area contributed by atoms with Crippen LogP contribution in [0.3, 0.4) is 0 Å². The van der Waals surface area contributed by atoms with Crippen LogP contribution in [-0.2, 0) is 13.0 Å². The van der Waals surface area contributed by atoms with E-state index in [9.17, 15) is 5.11 Å². The topological polar surface area (TPSA) is 81.8 Å². The van der Waals surface area contributed by atoms with Crippen LogP contribution in [0, 0.1) is 18.3 Å². The average molecular weight is 365 g/mol. The van der Waals surface area contributed by atoms with Gasteiger partial charge in [-0.3, -0.25) is 0 Å². The van der Waals surface area contributed by atoms with Crippen molar-refractivity contribution in [2.24, 2.45) is 0 Å². The van der Waals surface area contributed by atoms with Crippen molar-refractivity contribution in [3.8, 4) is 6.07 Å². The fourth-order valence-electron chi connectivity index (χ4n) is 2.63. The SMILES string of the molecule is Cc1cc(CO)cc(Cl)c1Nc1ccnc(Cc2ccc(C#N)cc2)n1. The molecule has 0 saturated carbocycles. The molecule has 0 aliphatic carbocycles. The first-order valence-electron chi connectivity index (χ1n) is 8.07. The highest BCUT2D eigenvalue weighted by Crippen LogP contribution is 2.30. The third kappa shape index (κ3) is 4.17. The summed E-state index contributed by atoms with van der Waals surface area (Å²) in [6, 6.07) is 14.9. The van der Waals surface area contributed by atoms with Crippen LogP contribution < -0.4 is 5.32 Å². The van der Waals surface area contributed by atoms with Crippen molar-refractivity contribution in [2.45, 2.75) is 20.0 Å². The van der Waals surface area contributed by atoms with E-state index in [1.807, 2.05) is 25.1 Å². The summed E-state index contributed by atoms with van der Waals surface area (Å²) in [5.41, 5.74) is 4.10. The van der Waals surface area contributed by atoms with Gasteiger partial charge in [-0.15, -0.1) is 0 Å². The van der Waals surface area contributed by atoms with Crippen molar-refractivity contribution in [3.05, 3.63) is 81.8 Å². The molecule has 0 aliphatic rings. The molecular weight excluding hydrogens is 348 g/mol. The zero-order chi connectivity index (χ0) is 18.5. The fourth-order valence-corrected chi connectivity index (χ4v) is 2.96. The largest absolute Gasteiger partial charge is 0.392 e. The molecule has 0 saturated heterocycles. The van der Waals surface area contributed by atoms with E-state index in [0.29, 0.717) is 28.6 Å². The van der Waals surface area contributed by atoms with Crippen molar-refractivity contribution in [1.82, 2.24) is 9.97 Å². The van der Waals surface area contributed by atoms with E-state index in [1.54, 1.807) is 30.5 Å².